The summed E-state index contributed by atoms with van der Waals surface area (Å²) < 4.78 is 0. The number of hydrogen-bond acceptors (Lipinski definition) is 4. The quantitative estimate of drug-likeness (QED) is 0.0758. The Morgan fingerprint density at radius 1 is 0.370 bits per heavy atom. The molecule has 0 bridgehead atoms. The zero-order chi connectivity index (χ0) is 54.0. The molecule has 11 aromatic rings. The van der Waals surface area contributed by atoms with Crippen LogP contribution in [0.4, 0.5) is 0 Å². The molecule has 3 aliphatic rings. The number of rotatable bonds is 15. The van der Waals surface area contributed by atoms with Crippen LogP contribution in [0.2, 0.25) is 0 Å². The van der Waals surface area contributed by atoms with Gasteiger partial charge in [-0.25, -0.2) is 15.0 Å². The second-order valence-corrected chi connectivity index (χ2v) is 23.1. The number of benzene rings is 9. The second-order valence-electron chi connectivity index (χ2n) is 23.1. The van der Waals surface area contributed by atoms with Crippen molar-refractivity contribution in [3.8, 4) is 89.9 Å². The minimum Gasteiger partial charge on any atom is -0.296 e. The smallest absolute Gasteiger partial charge is 0.164 e. The maximum absolute atomic E-state index is 5.78. The molecule has 14 rings (SSSR count). The third-order valence-corrected chi connectivity index (χ3v) is 17.8. The zero-order valence-corrected chi connectivity index (χ0v) is 49.1. The summed E-state index contributed by atoms with van der Waals surface area (Å²) in [5.41, 5.74) is 25.8. The van der Waals surface area contributed by atoms with Gasteiger partial charge in [0, 0.05) is 47.6 Å². The summed E-state index contributed by atoms with van der Waals surface area (Å²) in [6.07, 6.45) is 12.0. The predicted molar refractivity (Wildman–Crippen MR) is 331 cm³/mol. The number of unbranched alkanes of at least 4 members (excludes halogenated alkanes) is 6. The van der Waals surface area contributed by atoms with E-state index in [-0.39, 0.29) is 25.5 Å². The molecule has 399 valence electrons. The number of hydrogen-bond donors (Lipinski definition) is 0. The first-order valence-electron chi connectivity index (χ1n) is 29.3. The fourth-order valence-electron chi connectivity index (χ4n) is 13.8. The Labute approximate surface area is 491 Å². The van der Waals surface area contributed by atoms with Crippen LogP contribution in [0, 0.1) is 6.07 Å². The average Bonchev–Trinajstić information content (AvgIpc) is 4.27. The van der Waals surface area contributed by atoms with E-state index in [1.807, 2.05) is 36.4 Å². The summed E-state index contributed by atoms with van der Waals surface area (Å²) in [4.78, 5) is 21.2. The Balaban J connectivity index is 0.00000618. The van der Waals surface area contributed by atoms with Crippen molar-refractivity contribution in [3.63, 3.8) is 0 Å². The molecule has 0 N–H and O–H groups in total. The molecule has 9 aromatic carbocycles. The van der Waals surface area contributed by atoms with Crippen LogP contribution in [0.15, 0.2) is 200 Å². The van der Waals surface area contributed by atoms with Crippen LogP contribution < -0.4 is 0 Å². The number of aromatic nitrogens is 4. The molecular weight excluding hydrogens is 1160 g/mol. The molecule has 0 fully saturated rings. The van der Waals surface area contributed by atoms with Gasteiger partial charge in [0.15, 0.2) is 17.5 Å². The summed E-state index contributed by atoms with van der Waals surface area (Å²) in [7, 11) is 0. The molecule has 0 saturated carbocycles. The van der Waals surface area contributed by atoms with Gasteiger partial charge in [0.25, 0.3) is 0 Å². The van der Waals surface area contributed by atoms with Gasteiger partial charge in [-0.3, -0.25) is 4.98 Å². The molecule has 0 atom stereocenters. The number of pyridine rings is 1. The molecule has 5 heteroatoms. The van der Waals surface area contributed by atoms with E-state index in [1.165, 1.54) is 140 Å². The molecule has 3 aliphatic carbocycles. The number of fused-ring (bicyclic) bond motifs is 14. The van der Waals surface area contributed by atoms with Gasteiger partial charge >= 0.3 is 0 Å². The van der Waals surface area contributed by atoms with E-state index in [1.54, 1.807) is 0 Å². The van der Waals surface area contributed by atoms with Crippen molar-refractivity contribution < 1.29 is 20.1 Å². The van der Waals surface area contributed by atoms with Crippen LogP contribution in [0.3, 0.4) is 0 Å². The number of nitrogens with zero attached hydrogens (tertiary/aromatic N) is 4. The monoisotopic (exact) mass is 1230 g/mol. The van der Waals surface area contributed by atoms with Crippen molar-refractivity contribution in [2.75, 3.05) is 0 Å². The van der Waals surface area contributed by atoms with Crippen LogP contribution in [0.5, 0.6) is 0 Å². The van der Waals surface area contributed by atoms with Crippen LogP contribution >= 0.6 is 0 Å². The van der Waals surface area contributed by atoms with Crippen LogP contribution in [0.1, 0.15) is 124 Å². The minimum absolute atomic E-state index is 0. The molecule has 0 aliphatic heterocycles. The first-order chi connectivity index (χ1) is 39.3. The topological polar surface area (TPSA) is 51.6 Å². The molecule has 81 heavy (non-hydrogen) atoms. The van der Waals surface area contributed by atoms with Gasteiger partial charge in [-0.05, 0) is 122 Å². The van der Waals surface area contributed by atoms with Crippen molar-refractivity contribution in [3.05, 3.63) is 251 Å². The van der Waals surface area contributed by atoms with Gasteiger partial charge in [0.2, 0.25) is 0 Å². The summed E-state index contributed by atoms with van der Waals surface area (Å²) in [5.74, 6) is 1.97. The molecule has 2 aromatic heterocycles. The van der Waals surface area contributed by atoms with E-state index in [0.717, 1.165) is 51.7 Å². The molecular formula is C76H65IrN4-. The predicted octanol–water partition coefficient (Wildman–Crippen LogP) is 19.4. The van der Waals surface area contributed by atoms with Crippen LogP contribution in [0.25, 0.3) is 101 Å². The van der Waals surface area contributed by atoms with E-state index in [4.69, 9.17) is 19.9 Å². The first kappa shape index (κ1) is 52.4. The fraction of sp³-hybridized carbons (Fsp3) is 0.211. The normalized spacial score (nSPS) is 13.5. The number of aryl methyl sites for hydroxylation is 2. The second kappa shape index (κ2) is 21.5. The Bertz CT molecular complexity index is 4050. The first-order valence-corrected chi connectivity index (χ1v) is 29.3. The van der Waals surface area contributed by atoms with Gasteiger partial charge < -0.3 is 0 Å². The molecule has 4 nitrogen and oxygen atoms in total. The molecule has 2 heterocycles. The Morgan fingerprint density at radius 3 is 1.46 bits per heavy atom. The Kier molecular flexibility index (Phi) is 13.9. The van der Waals surface area contributed by atoms with Crippen molar-refractivity contribution in [1.29, 1.82) is 0 Å². The molecule has 1 spiro atoms. The Hall–Kier alpha value is -7.95. The zero-order valence-electron chi connectivity index (χ0n) is 46.7. The van der Waals surface area contributed by atoms with Gasteiger partial charge in [-0.2, -0.15) is 0 Å². The van der Waals surface area contributed by atoms with Gasteiger partial charge in [0.05, 0.1) is 10.9 Å². The van der Waals surface area contributed by atoms with E-state index < -0.39 is 5.41 Å². The maximum atomic E-state index is 5.78. The van der Waals surface area contributed by atoms with E-state index >= 15 is 0 Å². The largest absolute Gasteiger partial charge is 0.296 e. The van der Waals surface area contributed by atoms with Crippen molar-refractivity contribution in [2.24, 2.45) is 0 Å². The van der Waals surface area contributed by atoms with Gasteiger partial charge in [-0.15, -0.1) is 29.3 Å². The van der Waals surface area contributed by atoms with Crippen LogP contribution in [-0.2, 0) is 43.8 Å². The summed E-state index contributed by atoms with van der Waals surface area (Å²) >= 11 is 0. The summed E-state index contributed by atoms with van der Waals surface area (Å²) in [6, 6.07) is 77.9. The van der Waals surface area contributed by atoms with E-state index in [9.17, 15) is 0 Å². The molecule has 1 radical (unpaired) electrons. The van der Waals surface area contributed by atoms with Crippen molar-refractivity contribution in [1.82, 2.24) is 19.9 Å². The summed E-state index contributed by atoms with van der Waals surface area (Å²) in [6.45, 7) is 9.34. The molecule has 0 amide bonds. The van der Waals surface area contributed by atoms with E-state index in [0.29, 0.717) is 17.5 Å². The van der Waals surface area contributed by atoms with E-state index in [2.05, 4.69) is 198 Å². The van der Waals surface area contributed by atoms with Gasteiger partial charge in [0.1, 0.15) is 0 Å². The maximum Gasteiger partial charge on any atom is 0.164 e. The molecule has 0 unspecified atom stereocenters. The average molecular weight is 1230 g/mol. The SMILES string of the molecule is CCCCCCc1cc(CCCCCC)cc(-c2cc(-c3[c-]cc4c(c3)C3(c5ccccc5-c5ccccc53)c3ccccc3-4)nc3cc4c(cc23)-c2cc(-c3nc(-c5ccccc5)nc(-c5ccccc5)n3)ccc2C4(C)C)c1.[Ir]. The molecule has 0 saturated heterocycles. The van der Waals surface area contributed by atoms with Crippen molar-refractivity contribution in [2.45, 2.75) is 103 Å². The summed E-state index contributed by atoms with van der Waals surface area (Å²) in [5, 5.41) is 1.16. The van der Waals surface area contributed by atoms with Crippen molar-refractivity contribution >= 4 is 10.9 Å². The van der Waals surface area contributed by atoms with Gasteiger partial charge in [-0.1, -0.05) is 247 Å². The standard InChI is InChI=1S/C76H65N4.Ir/c1-5-7-9-13-25-49-41-50(26-14-10-8-6-2)43-55(42-49)60-47-70(53-37-39-59-58-33-21-24-36-67(58)76(69(59)45-53)65-34-22-19-31-56(65)57-32-20-23-35-66(57)76)77-71-48-68-62(46-63(60)71)61-44-54(38-40-64(61)75(68,3)4)74-79-72(51-27-15-11-16-28-51)78-73(80-74)52-29-17-12-18-30-52;/h11-12,15-24,27-36,38-48H,5-10,13-14,25-26H2,1-4H3;/q-1;. The third-order valence-electron chi connectivity index (χ3n) is 17.8. The van der Waals surface area contributed by atoms with Crippen LogP contribution in [-0.4, -0.2) is 19.9 Å². The minimum atomic E-state index is -0.468. The fourth-order valence-corrected chi connectivity index (χ4v) is 13.8. The Morgan fingerprint density at radius 2 is 0.889 bits per heavy atom. The third kappa shape index (κ3) is 8.92.